The van der Waals surface area contributed by atoms with Crippen molar-refractivity contribution in [3.8, 4) is 0 Å². The Morgan fingerprint density at radius 3 is 3.00 bits per heavy atom. The van der Waals surface area contributed by atoms with Crippen molar-refractivity contribution in [1.82, 2.24) is 14.6 Å². The summed E-state index contributed by atoms with van der Waals surface area (Å²) in [5.74, 6) is 0.794. The van der Waals surface area contributed by atoms with Crippen LogP contribution in [0.1, 0.15) is 18.4 Å². The second-order valence-corrected chi connectivity index (χ2v) is 3.63. The molecule has 74 valence electrons. The predicted octanol–water partition coefficient (Wildman–Crippen LogP) is 0.927. The molecular weight excluding hydrogens is 176 g/mol. The van der Waals surface area contributed by atoms with Gasteiger partial charge in [0, 0.05) is 18.2 Å². The number of rotatable bonds is 2. The minimum Gasteiger partial charge on any atom is -0.328 e. The lowest BCUT2D eigenvalue weighted by Crippen LogP contribution is -2.19. The van der Waals surface area contributed by atoms with Crippen molar-refractivity contribution >= 4 is 5.65 Å². The largest absolute Gasteiger partial charge is 0.328 e. The molecule has 14 heavy (non-hydrogen) atoms. The van der Waals surface area contributed by atoms with Gasteiger partial charge in [0.15, 0.2) is 5.65 Å². The molecule has 0 bridgehead atoms. The van der Waals surface area contributed by atoms with E-state index in [2.05, 4.69) is 10.1 Å². The van der Waals surface area contributed by atoms with Crippen LogP contribution in [-0.4, -0.2) is 20.6 Å². The molecule has 0 aliphatic heterocycles. The van der Waals surface area contributed by atoms with Crippen molar-refractivity contribution in [2.45, 2.75) is 26.3 Å². The number of hydrogen-bond acceptors (Lipinski definition) is 3. The highest BCUT2D eigenvalue weighted by molar-refractivity contribution is 5.38. The third-order valence-corrected chi connectivity index (χ3v) is 2.08. The minimum atomic E-state index is 0.144. The van der Waals surface area contributed by atoms with Crippen molar-refractivity contribution in [2.75, 3.05) is 0 Å². The van der Waals surface area contributed by atoms with Gasteiger partial charge in [-0.3, -0.25) is 0 Å². The summed E-state index contributed by atoms with van der Waals surface area (Å²) in [6.45, 7) is 3.88. The van der Waals surface area contributed by atoms with Crippen LogP contribution in [0.5, 0.6) is 0 Å². The van der Waals surface area contributed by atoms with E-state index in [0.29, 0.717) is 0 Å². The average Bonchev–Trinajstić information content (AvgIpc) is 2.45. The summed E-state index contributed by atoms with van der Waals surface area (Å²) in [5.41, 5.74) is 7.76. The van der Waals surface area contributed by atoms with Gasteiger partial charge in [0.2, 0.25) is 0 Å². The summed E-state index contributed by atoms with van der Waals surface area (Å²) in [4.78, 5) is 4.29. The van der Waals surface area contributed by atoms with Crippen LogP contribution in [-0.2, 0) is 6.42 Å². The van der Waals surface area contributed by atoms with Gasteiger partial charge in [-0.1, -0.05) is 6.07 Å². The highest BCUT2D eigenvalue weighted by Crippen LogP contribution is 2.07. The predicted molar refractivity (Wildman–Crippen MR) is 55.1 cm³/mol. The molecule has 0 radical (unpaired) electrons. The molecule has 0 aliphatic rings. The molecule has 1 atom stereocenters. The number of aromatic nitrogens is 3. The van der Waals surface area contributed by atoms with Gasteiger partial charge in [0.25, 0.3) is 0 Å². The SMILES string of the molecule is Cc1nc2cccc(CC(C)N)n2n1. The smallest absolute Gasteiger partial charge is 0.155 e. The Morgan fingerprint density at radius 2 is 2.29 bits per heavy atom. The number of hydrogen-bond donors (Lipinski definition) is 1. The molecule has 2 aromatic rings. The highest BCUT2D eigenvalue weighted by Gasteiger charge is 2.05. The summed E-state index contributed by atoms with van der Waals surface area (Å²) in [6, 6.07) is 6.11. The van der Waals surface area contributed by atoms with Crippen LogP contribution in [0.4, 0.5) is 0 Å². The van der Waals surface area contributed by atoms with Crippen molar-refractivity contribution in [2.24, 2.45) is 5.73 Å². The van der Waals surface area contributed by atoms with E-state index in [1.165, 1.54) is 0 Å². The molecule has 0 spiro atoms. The van der Waals surface area contributed by atoms with Crippen LogP contribution >= 0.6 is 0 Å². The molecule has 1 unspecified atom stereocenters. The number of pyridine rings is 1. The normalized spacial score (nSPS) is 13.4. The zero-order valence-electron chi connectivity index (χ0n) is 8.44. The molecule has 0 aromatic carbocycles. The third kappa shape index (κ3) is 1.61. The van der Waals surface area contributed by atoms with Crippen LogP contribution in [0, 0.1) is 6.92 Å². The maximum Gasteiger partial charge on any atom is 0.155 e. The van der Waals surface area contributed by atoms with Crippen LogP contribution in [0.3, 0.4) is 0 Å². The minimum absolute atomic E-state index is 0.144. The summed E-state index contributed by atoms with van der Waals surface area (Å²) >= 11 is 0. The maximum atomic E-state index is 5.76. The molecular formula is C10H14N4. The molecule has 0 fully saturated rings. The van der Waals surface area contributed by atoms with Crippen LogP contribution in [0.2, 0.25) is 0 Å². The first-order valence-corrected chi connectivity index (χ1v) is 4.73. The molecule has 2 N–H and O–H groups in total. The number of fused-ring (bicyclic) bond motifs is 1. The van der Waals surface area contributed by atoms with Gasteiger partial charge >= 0.3 is 0 Å². The standard InChI is InChI=1S/C10H14N4/c1-7(11)6-9-4-3-5-10-12-8(2)13-14(9)10/h3-5,7H,6,11H2,1-2H3. The highest BCUT2D eigenvalue weighted by atomic mass is 15.3. The second kappa shape index (κ2) is 3.38. The van der Waals surface area contributed by atoms with Gasteiger partial charge in [0.1, 0.15) is 5.82 Å². The molecule has 0 amide bonds. The Balaban J connectivity index is 2.53. The van der Waals surface area contributed by atoms with E-state index in [4.69, 9.17) is 5.73 Å². The van der Waals surface area contributed by atoms with Crippen LogP contribution < -0.4 is 5.73 Å². The Kier molecular flexibility index (Phi) is 2.21. The van der Waals surface area contributed by atoms with Gasteiger partial charge in [-0.2, -0.15) is 5.10 Å². The lowest BCUT2D eigenvalue weighted by atomic mass is 10.2. The Hall–Kier alpha value is -1.42. The quantitative estimate of drug-likeness (QED) is 0.766. The number of aryl methyl sites for hydroxylation is 1. The first-order valence-electron chi connectivity index (χ1n) is 4.73. The first-order chi connectivity index (χ1) is 6.66. The fraction of sp³-hybridized carbons (Fsp3) is 0.400. The zero-order chi connectivity index (χ0) is 10.1. The number of nitrogens with two attached hydrogens (primary N) is 1. The first kappa shape index (κ1) is 9.15. The van der Waals surface area contributed by atoms with Gasteiger partial charge in [-0.15, -0.1) is 0 Å². The lowest BCUT2D eigenvalue weighted by Gasteiger charge is -2.06. The molecule has 4 nitrogen and oxygen atoms in total. The summed E-state index contributed by atoms with van der Waals surface area (Å²) < 4.78 is 1.86. The van der Waals surface area contributed by atoms with Crippen LogP contribution in [0.15, 0.2) is 18.2 Å². The molecule has 2 rings (SSSR count). The number of nitrogens with zero attached hydrogens (tertiary/aromatic N) is 3. The van der Waals surface area contributed by atoms with E-state index in [0.717, 1.165) is 23.6 Å². The van der Waals surface area contributed by atoms with E-state index in [9.17, 15) is 0 Å². The second-order valence-electron chi connectivity index (χ2n) is 3.63. The van der Waals surface area contributed by atoms with E-state index >= 15 is 0 Å². The van der Waals surface area contributed by atoms with E-state index in [1.807, 2.05) is 36.6 Å². The summed E-state index contributed by atoms with van der Waals surface area (Å²) in [5, 5.41) is 4.32. The molecule has 0 saturated heterocycles. The maximum absolute atomic E-state index is 5.76. The fourth-order valence-electron chi connectivity index (χ4n) is 1.55. The van der Waals surface area contributed by atoms with Crippen molar-refractivity contribution in [3.63, 3.8) is 0 Å². The van der Waals surface area contributed by atoms with Crippen molar-refractivity contribution in [3.05, 3.63) is 29.7 Å². The van der Waals surface area contributed by atoms with Crippen molar-refractivity contribution in [1.29, 1.82) is 0 Å². The van der Waals surface area contributed by atoms with Gasteiger partial charge < -0.3 is 5.73 Å². The van der Waals surface area contributed by atoms with Crippen molar-refractivity contribution < 1.29 is 0 Å². The third-order valence-electron chi connectivity index (χ3n) is 2.08. The van der Waals surface area contributed by atoms with Gasteiger partial charge in [-0.25, -0.2) is 9.50 Å². The van der Waals surface area contributed by atoms with Gasteiger partial charge in [0.05, 0.1) is 0 Å². The Morgan fingerprint density at radius 1 is 1.50 bits per heavy atom. The van der Waals surface area contributed by atoms with E-state index in [-0.39, 0.29) is 6.04 Å². The Labute approximate surface area is 82.8 Å². The fourth-order valence-corrected chi connectivity index (χ4v) is 1.55. The monoisotopic (exact) mass is 190 g/mol. The Bertz CT molecular complexity index is 444. The summed E-state index contributed by atoms with van der Waals surface area (Å²) in [6.07, 6.45) is 0.820. The lowest BCUT2D eigenvalue weighted by molar-refractivity contribution is 0.696. The molecule has 2 aromatic heterocycles. The van der Waals surface area contributed by atoms with Crippen LogP contribution in [0.25, 0.3) is 5.65 Å². The molecule has 0 aliphatic carbocycles. The zero-order valence-corrected chi connectivity index (χ0v) is 8.44. The van der Waals surface area contributed by atoms with E-state index < -0.39 is 0 Å². The average molecular weight is 190 g/mol. The summed E-state index contributed by atoms with van der Waals surface area (Å²) in [7, 11) is 0. The van der Waals surface area contributed by atoms with E-state index in [1.54, 1.807) is 0 Å². The molecule has 0 saturated carbocycles. The molecule has 2 heterocycles. The topological polar surface area (TPSA) is 56.2 Å². The van der Waals surface area contributed by atoms with Gasteiger partial charge in [-0.05, 0) is 26.0 Å². The molecule has 4 heteroatoms.